The minimum absolute atomic E-state index is 0. The number of piperidine rings is 1. The minimum atomic E-state index is -0.389. The molecule has 0 unspecified atom stereocenters. The molecule has 4 nitrogen and oxygen atoms in total. The molecule has 1 aromatic carbocycles. The Bertz CT molecular complexity index is 481. The number of para-hydroxylation sites is 1. The lowest BCUT2D eigenvalue weighted by atomic mass is 10.0. The van der Waals surface area contributed by atoms with Gasteiger partial charge in [-0.1, -0.05) is 19.1 Å². The van der Waals surface area contributed by atoms with Gasteiger partial charge in [0.1, 0.15) is 5.82 Å². The van der Waals surface area contributed by atoms with Crippen molar-refractivity contribution in [1.82, 2.24) is 10.2 Å². The summed E-state index contributed by atoms with van der Waals surface area (Å²) in [6.07, 6.45) is 3.75. The normalized spacial score (nSPS) is 15.3. The molecule has 1 aliphatic rings. The number of nitrogens with one attached hydrogen (secondary N) is 2. The van der Waals surface area contributed by atoms with E-state index in [9.17, 15) is 9.18 Å². The maximum absolute atomic E-state index is 13.5. The van der Waals surface area contributed by atoms with Crippen LogP contribution >= 0.6 is 12.4 Å². The van der Waals surface area contributed by atoms with Crippen LogP contribution in [0, 0.1) is 5.82 Å². The number of halogens is 2. The first kappa shape index (κ1) is 19.9. The average Bonchev–Trinajstić information content (AvgIpc) is 2.54. The van der Waals surface area contributed by atoms with Gasteiger partial charge in [-0.2, -0.15) is 0 Å². The number of nitrogens with zero attached hydrogens (tertiary/aromatic N) is 1. The number of benzene rings is 1. The van der Waals surface area contributed by atoms with Crippen molar-refractivity contribution >= 4 is 24.0 Å². The van der Waals surface area contributed by atoms with E-state index >= 15 is 0 Å². The largest absolute Gasteiger partial charge is 0.324 e. The lowest BCUT2D eigenvalue weighted by Crippen LogP contribution is -2.44. The van der Waals surface area contributed by atoms with Crippen molar-refractivity contribution < 1.29 is 9.18 Å². The van der Waals surface area contributed by atoms with E-state index in [-0.39, 0.29) is 29.8 Å². The minimum Gasteiger partial charge on any atom is -0.324 e. The number of hydrogen-bond donors (Lipinski definition) is 2. The lowest BCUT2D eigenvalue weighted by Gasteiger charge is -2.34. The Balaban J connectivity index is 0.00000264. The molecule has 0 atom stereocenters. The summed E-state index contributed by atoms with van der Waals surface area (Å²) in [4.78, 5) is 14.4. The van der Waals surface area contributed by atoms with Crippen LogP contribution < -0.4 is 10.6 Å². The molecular formula is C17H27ClFN3O. The summed E-state index contributed by atoms with van der Waals surface area (Å²) in [5.41, 5.74) is 0.261. The van der Waals surface area contributed by atoms with E-state index in [2.05, 4.69) is 22.5 Å². The molecule has 1 aromatic rings. The number of anilines is 1. The summed E-state index contributed by atoms with van der Waals surface area (Å²) in [6.45, 7) is 6.00. The summed E-state index contributed by atoms with van der Waals surface area (Å²) in [6, 6.07) is 6.84. The molecule has 0 saturated carbocycles. The summed E-state index contributed by atoms with van der Waals surface area (Å²) in [5.74, 6) is -0.514. The van der Waals surface area contributed by atoms with Crippen LogP contribution in [-0.2, 0) is 4.79 Å². The molecule has 130 valence electrons. The van der Waals surface area contributed by atoms with Crippen molar-refractivity contribution in [1.29, 1.82) is 0 Å². The SMILES string of the molecule is CCCN(CCC(=O)Nc1ccccc1F)C1CCNCC1.Cl. The molecule has 0 aliphatic carbocycles. The van der Waals surface area contributed by atoms with Crippen LogP contribution in [0.25, 0.3) is 0 Å². The van der Waals surface area contributed by atoms with Crippen molar-refractivity contribution in [2.75, 3.05) is 31.5 Å². The number of amides is 1. The van der Waals surface area contributed by atoms with Gasteiger partial charge >= 0.3 is 0 Å². The second-order valence-corrected chi connectivity index (χ2v) is 5.80. The molecule has 1 amide bonds. The highest BCUT2D eigenvalue weighted by Crippen LogP contribution is 2.15. The first-order valence-electron chi connectivity index (χ1n) is 8.20. The molecule has 1 saturated heterocycles. The third-order valence-corrected chi connectivity index (χ3v) is 4.11. The third-order valence-electron chi connectivity index (χ3n) is 4.11. The Hall–Kier alpha value is -1.17. The standard InChI is InChI=1S/C17H26FN3O.ClH/c1-2-12-21(14-7-10-19-11-8-14)13-9-17(22)20-16-6-4-3-5-15(16)18;/h3-6,14,19H,2,7-13H2,1H3,(H,20,22);1H. The van der Waals surface area contributed by atoms with Crippen LogP contribution in [0.1, 0.15) is 32.6 Å². The molecule has 0 spiro atoms. The van der Waals surface area contributed by atoms with Gasteiger partial charge in [-0.05, 0) is 51.0 Å². The molecular weight excluding hydrogens is 317 g/mol. The number of rotatable bonds is 7. The highest BCUT2D eigenvalue weighted by Gasteiger charge is 2.20. The zero-order valence-electron chi connectivity index (χ0n) is 13.7. The Kier molecular flexibility index (Phi) is 9.14. The van der Waals surface area contributed by atoms with Gasteiger partial charge in [0.2, 0.25) is 5.91 Å². The summed E-state index contributed by atoms with van der Waals surface area (Å²) in [5, 5.41) is 6.03. The topological polar surface area (TPSA) is 44.4 Å². The molecule has 2 rings (SSSR count). The van der Waals surface area contributed by atoms with Gasteiger partial charge in [0.15, 0.2) is 0 Å². The van der Waals surface area contributed by atoms with Crippen molar-refractivity contribution in [3.63, 3.8) is 0 Å². The molecule has 1 heterocycles. The highest BCUT2D eigenvalue weighted by atomic mass is 35.5. The van der Waals surface area contributed by atoms with Crippen LogP contribution in [0.5, 0.6) is 0 Å². The molecule has 0 aromatic heterocycles. The lowest BCUT2D eigenvalue weighted by molar-refractivity contribution is -0.116. The zero-order chi connectivity index (χ0) is 15.8. The van der Waals surface area contributed by atoms with Gasteiger partial charge in [-0.25, -0.2) is 4.39 Å². The first-order chi connectivity index (χ1) is 10.7. The Morgan fingerprint density at radius 3 is 2.65 bits per heavy atom. The highest BCUT2D eigenvalue weighted by molar-refractivity contribution is 5.90. The molecule has 6 heteroatoms. The number of carbonyl (C=O) groups excluding carboxylic acids is 1. The van der Waals surface area contributed by atoms with Crippen molar-refractivity contribution in [2.45, 2.75) is 38.6 Å². The fourth-order valence-electron chi connectivity index (χ4n) is 2.96. The Labute approximate surface area is 144 Å². The van der Waals surface area contributed by atoms with Gasteiger partial charge in [-0.3, -0.25) is 9.69 Å². The maximum atomic E-state index is 13.5. The van der Waals surface area contributed by atoms with Gasteiger partial charge in [0.05, 0.1) is 5.69 Å². The van der Waals surface area contributed by atoms with Crippen LogP contribution in [0.4, 0.5) is 10.1 Å². The van der Waals surface area contributed by atoms with Gasteiger partial charge in [-0.15, -0.1) is 12.4 Å². The van der Waals surface area contributed by atoms with Crippen molar-refractivity contribution in [3.8, 4) is 0 Å². The number of hydrogen-bond acceptors (Lipinski definition) is 3. The summed E-state index contributed by atoms with van der Waals surface area (Å²) in [7, 11) is 0. The fourth-order valence-corrected chi connectivity index (χ4v) is 2.96. The van der Waals surface area contributed by atoms with Crippen molar-refractivity contribution in [2.24, 2.45) is 0 Å². The zero-order valence-corrected chi connectivity index (χ0v) is 14.5. The average molecular weight is 344 g/mol. The number of carbonyl (C=O) groups is 1. The summed E-state index contributed by atoms with van der Waals surface area (Å²) < 4.78 is 13.5. The quantitative estimate of drug-likeness (QED) is 0.799. The molecule has 23 heavy (non-hydrogen) atoms. The van der Waals surface area contributed by atoms with Crippen molar-refractivity contribution in [3.05, 3.63) is 30.1 Å². The van der Waals surface area contributed by atoms with E-state index < -0.39 is 0 Å². The van der Waals surface area contributed by atoms with E-state index in [0.717, 1.165) is 45.4 Å². The van der Waals surface area contributed by atoms with E-state index in [0.29, 0.717) is 12.5 Å². The molecule has 1 fully saturated rings. The predicted octanol–water partition coefficient (Wildman–Crippen LogP) is 3.04. The predicted molar refractivity (Wildman–Crippen MR) is 94.7 cm³/mol. The van der Waals surface area contributed by atoms with Crippen LogP contribution in [0.2, 0.25) is 0 Å². The fraction of sp³-hybridized carbons (Fsp3) is 0.588. The summed E-state index contributed by atoms with van der Waals surface area (Å²) >= 11 is 0. The van der Waals surface area contributed by atoms with Crippen LogP contribution in [0.15, 0.2) is 24.3 Å². The third kappa shape index (κ3) is 6.45. The van der Waals surface area contributed by atoms with E-state index in [1.54, 1.807) is 18.2 Å². The molecule has 1 aliphatic heterocycles. The monoisotopic (exact) mass is 343 g/mol. The maximum Gasteiger partial charge on any atom is 0.225 e. The second-order valence-electron chi connectivity index (χ2n) is 5.80. The van der Waals surface area contributed by atoms with Crippen LogP contribution in [0.3, 0.4) is 0 Å². The van der Waals surface area contributed by atoms with E-state index in [1.165, 1.54) is 6.07 Å². The molecule has 0 radical (unpaired) electrons. The van der Waals surface area contributed by atoms with Gasteiger partial charge < -0.3 is 10.6 Å². The van der Waals surface area contributed by atoms with E-state index in [1.807, 2.05) is 0 Å². The smallest absolute Gasteiger partial charge is 0.225 e. The van der Waals surface area contributed by atoms with Gasteiger partial charge in [0, 0.05) is 19.0 Å². The molecule has 2 N–H and O–H groups in total. The molecule has 0 bridgehead atoms. The van der Waals surface area contributed by atoms with E-state index in [4.69, 9.17) is 0 Å². The van der Waals surface area contributed by atoms with Crippen LogP contribution in [-0.4, -0.2) is 43.0 Å². The first-order valence-corrected chi connectivity index (χ1v) is 8.20. The Morgan fingerprint density at radius 2 is 2.00 bits per heavy atom. The Morgan fingerprint density at radius 1 is 1.30 bits per heavy atom. The second kappa shape index (κ2) is 10.6. The van der Waals surface area contributed by atoms with Gasteiger partial charge in [0.25, 0.3) is 0 Å².